The first-order chi connectivity index (χ1) is 13.9. The molecule has 0 bridgehead atoms. The molecule has 2 aromatic heterocycles. The number of hydrogen-bond donors (Lipinski definition) is 7. The van der Waals surface area contributed by atoms with Crippen LogP contribution in [-0.4, -0.2) is 66.7 Å². The Morgan fingerprint density at radius 3 is 2.93 bits per heavy atom. The van der Waals surface area contributed by atoms with Crippen LogP contribution in [0.1, 0.15) is 26.0 Å². The standard InChI is InChI=1S/C16H24N8O5/c1-2-3-7(17)15(28)21-11-9(5-25)29-16(12(11)27)24-4-8(26)10-13(22-23-18)19-6-20-14(10)24/h4,6-7,9,11-12,16,25-27H,2-3,5,17H2,1H3,(H,21,28)(H2,18,19,20,22)/t7?,9-,11?,12+,16-/m1/s1. The van der Waals surface area contributed by atoms with Crippen molar-refractivity contribution in [1.29, 1.82) is 5.53 Å². The summed E-state index contributed by atoms with van der Waals surface area (Å²) in [5.74, 6) is -0.576. The number of fused-ring (bicyclic) bond motifs is 1. The molecule has 8 N–H and O–H groups in total. The van der Waals surface area contributed by atoms with E-state index in [4.69, 9.17) is 16.0 Å². The van der Waals surface area contributed by atoms with Crippen molar-refractivity contribution in [2.75, 3.05) is 12.0 Å². The summed E-state index contributed by atoms with van der Waals surface area (Å²) in [6, 6.07) is -1.65. The molecule has 3 rings (SSSR count). The summed E-state index contributed by atoms with van der Waals surface area (Å²) in [7, 11) is 0. The van der Waals surface area contributed by atoms with E-state index >= 15 is 0 Å². The second-order valence-corrected chi connectivity index (χ2v) is 6.73. The molecule has 5 atom stereocenters. The van der Waals surface area contributed by atoms with Crippen LogP contribution < -0.4 is 16.5 Å². The fraction of sp³-hybridized carbons (Fsp3) is 0.562. The number of aromatic hydroxyl groups is 1. The average Bonchev–Trinajstić information content (AvgIpc) is 3.20. The van der Waals surface area contributed by atoms with Crippen LogP contribution in [-0.2, 0) is 9.53 Å². The van der Waals surface area contributed by atoms with Crippen LogP contribution in [0.3, 0.4) is 0 Å². The van der Waals surface area contributed by atoms with Gasteiger partial charge in [-0.3, -0.25) is 9.36 Å². The number of nitrogens with one attached hydrogen (secondary N) is 3. The van der Waals surface area contributed by atoms with Crippen molar-refractivity contribution in [3.63, 3.8) is 0 Å². The Kier molecular flexibility index (Phi) is 6.22. The lowest BCUT2D eigenvalue weighted by Gasteiger charge is -2.22. The van der Waals surface area contributed by atoms with E-state index in [1.165, 1.54) is 17.1 Å². The highest BCUT2D eigenvalue weighted by molar-refractivity contribution is 5.93. The Labute approximate surface area is 165 Å². The predicted octanol–water partition coefficient (Wildman–Crippen LogP) is -0.642. The summed E-state index contributed by atoms with van der Waals surface area (Å²) in [5.41, 5.74) is 15.3. The Balaban J connectivity index is 1.91. The van der Waals surface area contributed by atoms with Gasteiger partial charge in [0.25, 0.3) is 0 Å². The number of ether oxygens (including phenoxy) is 1. The third kappa shape index (κ3) is 3.85. The lowest BCUT2D eigenvalue weighted by molar-refractivity contribution is -0.124. The molecule has 1 aliphatic heterocycles. The van der Waals surface area contributed by atoms with Gasteiger partial charge in [0.2, 0.25) is 5.91 Å². The van der Waals surface area contributed by atoms with E-state index in [1.54, 1.807) is 0 Å². The quantitative estimate of drug-likeness (QED) is 0.219. The third-order valence-electron chi connectivity index (χ3n) is 4.83. The van der Waals surface area contributed by atoms with Gasteiger partial charge in [0.1, 0.15) is 29.7 Å². The molecule has 0 radical (unpaired) electrons. The summed E-state index contributed by atoms with van der Waals surface area (Å²) in [5, 5.41) is 36.6. The van der Waals surface area contributed by atoms with Crippen molar-refractivity contribution in [1.82, 2.24) is 19.9 Å². The SMILES string of the molecule is CCCC(N)C(=O)NC1[C@@H](CO)O[C@@H](n2cc(O)c3c(NN=N)ncnc32)[C@H]1O. The summed E-state index contributed by atoms with van der Waals surface area (Å²) < 4.78 is 7.11. The number of aliphatic hydroxyl groups is 2. The highest BCUT2D eigenvalue weighted by atomic mass is 16.5. The Hall–Kier alpha value is -2.87. The predicted molar refractivity (Wildman–Crippen MR) is 99.8 cm³/mol. The monoisotopic (exact) mass is 408 g/mol. The van der Waals surface area contributed by atoms with E-state index in [2.05, 4.69) is 25.9 Å². The zero-order valence-corrected chi connectivity index (χ0v) is 15.7. The fourth-order valence-corrected chi connectivity index (χ4v) is 3.42. The van der Waals surface area contributed by atoms with E-state index in [0.717, 1.165) is 6.42 Å². The van der Waals surface area contributed by atoms with Crippen LogP contribution in [0, 0.1) is 5.53 Å². The van der Waals surface area contributed by atoms with Gasteiger partial charge < -0.3 is 31.1 Å². The first kappa shape index (κ1) is 20.9. The Bertz CT molecular complexity index is 890. The van der Waals surface area contributed by atoms with Crippen molar-refractivity contribution < 1.29 is 24.9 Å². The minimum atomic E-state index is -1.26. The van der Waals surface area contributed by atoms with Gasteiger partial charge in [0.05, 0.1) is 24.9 Å². The number of nitrogens with zero attached hydrogens (tertiary/aromatic N) is 4. The van der Waals surface area contributed by atoms with Crippen LogP contribution in [0.4, 0.5) is 5.82 Å². The normalized spacial score (nSPS) is 25.1. The van der Waals surface area contributed by atoms with Crippen molar-refractivity contribution in [2.45, 2.75) is 50.3 Å². The number of nitrogens with two attached hydrogens (primary N) is 1. The van der Waals surface area contributed by atoms with Gasteiger partial charge >= 0.3 is 0 Å². The number of aromatic nitrogens is 3. The number of hydrogen-bond acceptors (Lipinski definition) is 10. The Morgan fingerprint density at radius 1 is 1.52 bits per heavy atom. The van der Waals surface area contributed by atoms with E-state index in [0.29, 0.717) is 6.42 Å². The second kappa shape index (κ2) is 8.65. The molecular formula is C16H24N8O5. The molecule has 1 aliphatic rings. The Morgan fingerprint density at radius 2 is 2.28 bits per heavy atom. The van der Waals surface area contributed by atoms with E-state index < -0.39 is 43.0 Å². The molecular weight excluding hydrogens is 384 g/mol. The zero-order valence-electron chi connectivity index (χ0n) is 15.7. The summed E-state index contributed by atoms with van der Waals surface area (Å²) in [6.07, 6.45) is 0.469. The molecule has 2 aromatic rings. The molecule has 1 saturated heterocycles. The summed E-state index contributed by atoms with van der Waals surface area (Å²) in [4.78, 5) is 20.3. The fourth-order valence-electron chi connectivity index (χ4n) is 3.42. The highest BCUT2D eigenvalue weighted by Gasteiger charge is 2.46. The van der Waals surface area contributed by atoms with Crippen molar-refractivity contribution >= 4 is 22.8 Å². The maximum atomic E-state index is 12.3. The maximum absolute atomic E-state index is 12.3. The van der Waals surface area contributed by atoms with Crippen LogP contribution >= 0.6 is 0 Å². The lowest BCUT2D eigenvalue weighted by atomic mass is 10.1. The van der Waals surface area contributed by atoms with E-state index in [-0.39, 0.29) is 22.6 Å². The van der Waals surface area contributed by atoms with Gasteiger partial charge in [-0.15, -0.1) is 0 Å². The van der Waals surface area contributed by atoms with Crippen molar-refractivity contribution in [3.05, 3.63) is 12.5 Å². The lowest BCUT2D eigenvalue weighted by Crippen LogP contribution is -2.53. The average molecular weight is 408 g/mol. The molecule has 3 heterocycles. The number of rotatable bonds is 8. The first-order valence-electron chi connectivity index (χ1n) is 9.10. The summed E-state index contributed by atoms with van der Waals surface area (Å²) in [6.45, 7) is 1.45. The first-order valence-corrected chi connectivity index (χ1v) is 9.10. The van der Waals surface area contributed by atoms with E-state index in [1.807, 2.05) is 6.92 Å². The number of carbonyl (C=O) groups excluding carboxylic acids is 1. The molecule has 13 nitrogen and oxygen atoms in total. The number of amides is 1. The van der Waals surface area contributed by atoms with Gasteiger partial charge in [-0.25, -0.2) is 15.4 Å². The highest BCUT2D eigenvalue weighted by Crippen LogP contribution is 2.37. The van der Waals surface area contributed by atoms with Crippen LogP contribution in [0.2, 0.25) is 0 Å². The summed E-state index contributed by atoms with van der Waals surface area (Å²) >= 11 is 0. The van der Waals surface area contributed by atoms with Crippen molar-refractivity contribution in [3.8, 4) is 5.75 Å². The van der Waals surface area contributed by atoms with E-state index in [9.17, 15) is 20.1 Å². The van der Waals surface area contributed by atoms with Crippen LogP contribution in [0.25, 0.3) is 11.0 Å². The molecule has 2 unspecified atom stereocenters. The molecule has 0 aromatic carbocycles. The molecule has 1 amide bonds. The molecule has 13 heteroatoms. The zero-order chi connectivity index (χ0) is 21.1. The molecule has 1 fully saturated rings. The third-order valence-corrected chi connectivity index (χ3v) is 4.83. The van der Waals surface area contributed by atoms with Gasteiger partial charge in [-0.2, -0.15) is 5.53 Å². The topological polar surface area (TPSA) is 204 Å². The van der Waals surface area contributed by atoms with Gasteiger partial charge in [0, 0.05) is 0 Å². The van der Waals surface area contributed by atoms with Gasteiger partial charge in [0.15, 0.2) is 17.7 Å². The second-order valence-electron chi connectivity index (χ2n) is 6.73. The minimum absolute atomic E-state index is 0.0998. The minimum Gasteiger partial charge on any atom is -0.505 e. The number of aliphatic hydroxyl groups excluding tert-OH is 2. The van der Waals surface area contributed by atoms with Crippen LogP contribution in [0.5, 0.6) is 5.75 Å². The molecule has 0 saturated carbocycles. The number of anilines is 1. The molecule has 29 heavy (non-hydrogen) atoms. The van der Waals surface area contributed by atoms with Crippen LogP contribution in [0.15, 0.2) is 17.7 Å². The molecule has 0 spiro atoms. The largest absolute Gasteiger partial charge is 0.505 e. The molecule has 158 valence electrons. The van der Waals surface area contributed by atoms with Gasteiger partial charge in [-0.1, -0.05) is 18.6 Å². The maximum Gasteiger partial charge on any atom is 0.237 e. The molecule has 0 aliphatic carbocycles. The number of carbonyl (C=O) groups is 1. The van der Waals surface area contributed by atoms with Crippen molar-refractivity contribution in [2.24, 2.45) is 11.0 Å². The smallest absolute Gasteiger partial charge is 0.237 e. The van der Waals surface area contributed by atoms with Gasteiger partial charge in [-0.05, 0) is 6.42 Å².